The van der Waals surface area contributed by atoms with Crippen LogP contribution < -0.4 is 10.5 Å². The molecule has 0 atom stereocenters. The number of hydrogen-bond donors (Lipinski definition) is 1. The van der Waals surface area contributed by atoms with E-state index in [1.165, 1.54) is 0 Å². The first-order chi connectivity index (χ1) is 8.65. The zero-order valence-electron chi connectivity index (χ0n) is 9.60. The van der Waals surface area contributed by atoms with Gasteiger partial charge in [0.05, 0.1) is 0 Å². The third-order valence-electron chi connectivity index (χ3n) is 2.46. The first kappa shape index (κ1) is 12.6. The summed E-state index contributed by atoms with van der Waals surface area (Å²) < 4.78 is 6.62. The summed E-state index contributed by atoms with van der Waals surface area (Å²) in [5, 5.41) is 0. The molecular formula is C14H12BrNO2. The summed E-state index contributed by atoms with van der Waals surface area (Å²) >= 11 is 3.36. The van der Waals surface area contributed by atoms with Gasteiger partial charge in [-0.1, -0.05) is 28.1 Å². The van der Waals surface area contributed by atoms with E-state index in [-0.39, 0.29) is 0 Å². The molecule has 0 heterocycles. The van der Waals surface area contributed by atoms with Crippen molar-refractivity contribution in [3.8, 4) is 5.75 Å². The van der Waals surface area contributed by atoms with Gasteiger partial charge in [-0.05, 0) is 42.0 Å². The Bertz CT molecular complexity index is 535. The summed E-state index contributed by atoms with van der Waals surface area (Å²) in [4.78, 5) is 10.9. The average Bonchev–Trinajstić information content (AvgIpc) is 2.38. The molecule has 0 spiro atoms. The van der Waals surface area contributed by atoms with Crippen LogP contribution in [0.5, 0.6) is 5.75 Å². The van der Waals surface area contributed by atoms with Crippen LogP contribution >= 0.6 is 15.9 Å². The minimum atomic E-state index is -0.421. The highest BCUT2D eigenvalue weighted by molar-refractivity contribution is 9.10. The Hall–Kier alpha value is -1.81. The molecule has 0 aromatic heterocycles. The summed E-state index contributed by atoms with van der Waals surface area (Å²) in [6.07, 6.45) is 0. The highest BCUT2D eigenvalue weighted by atomic mass is 79.9. The molecule has 18 heavy (non-hydrogen) atoms. The average molecular weight is 306 g/mol. The number of rotatable bonds is 4. The molecule has 0 aliphatic rings. The van der Waals surface area contributed by atoms with Crippen LogP contribution in [0.1, 0.15) is 15.9 Å². The van der Waals surface area contributed by atoms with Gasteiger partial charge in [0, 0.05) is 10.0 Å². The van der Waals surface area contributed by atoms with Gasteiger partial charge in [-0.15, -0.1) is 0 Å². The molecule has 0 saturated heterocycles. The Morgan fingerprint density at radius 3 is 2.22 bits per heavy atom. The number of carbonyl (C=O) groups is 1. The van der Waals surface area contributed by atoms with E-state index in [0.29, 0.717) is 12.2 Å². The van der Waals surface area contributed by atoms with E-state index in [2.05, 4.69) is 15.9 Å². The number of amides is 1. The number of halogens is 1. The Kier molecular flexibility index (Phi) is 3.99. The molecular weight excluding hydrogens is 294 g/mol. The number of nitrogens with two attached hydrogens (primary N) is 1. The third-order valence-corrected chi connectivity index (χ3v) is 2.99. The maximum Gasteiger partial charge on any atom is 0.248 e. The lowest BCUT2D eigenvalue weighted by atomic mass is 10.1. The minimum Gasteiger partial charge on any atom is -0.489 e. The molecule has 92 valence electrons. The molecule has 0 bridgehead atoms. The second-order valence-corrected chi connectivity index (χ2v) is 4.72. The highest BCUT2D eigenvalue weighted by Crippen LogP contribution is 2.17. The van der Waals surface area contributed by atoms with Crippen LogP contribution in [-0.4, -0.2) is 5.91 Å². The summed E-state index contributed by atoms with van der Waals surface area (Å²) in [7, 11) is 0. The summed E-state index contributed by atoms with van der Waals surface area (Å²) in [5.74, 6) is 0.382. The topological polar surface area (TPSA) is 52.3 Å². The maximum atomic E-state index is 10.9. The van der Waals surface area contributed by atoms with Crippen LogP contribution in [0.2, 0.25) is 0 Å². The number of primary amides is 1. The van der Waals surface area contributed by atoms with Crippen LogP contribution in [0, 0.1) is 0 Å². The molecule has 2 N–H and O–H groups in total. The van der Waals surface area contributed by atoms with E-state index in [1.807, 2.05) is 36.4 Å². The molecule has 0 aliphatic carbocycles. The molecule has 2 aromatic carbocycles. The quantitative estimate of drug-likeness (QED) is 0.943. The SMILES string of the molecule is NC(=O)c1ccc(COc2ccc(Br)cc2)cc1. The van der Waals surface area contributed by atoms with Gasteiger partial charge in [0.25, 0.3) is 0 Å². The fourth-order valence-corrected chi connectivity index (χ4v) is 1.73. The van der Waals surface area contributed by atoms with Gasteiger partial charge in [-0.2, -0.15) is 0 Å². The lowest BCUT2D eigenvalue weighted by Gasteiger charge is -2.06. The molecule has 0 radical (unpaired) electrons. The predicted molar refractivity (Wildman–Crippen MR) is 73.4 cm³/mol. The van der Waals surface area contributed by atoms with E-state index in [1.54, 1.807) is 12.1 Å². The van der Waals surface area contributed by atoms with Crippen molar-refractivity contribution in [3.05, 3.63) is 64.1 Å². The van der Waals surface area contributed by atoms with Crippen molar-refractivity contribution in [2.45, 2.75) is 6.61 Å². The van der Waals surface area contributed by atoms with Crippen molar-refractivity contribution in [2.75, 3.05) is 0 Å². The first-order valence-electron chi connectivity index (χ1n) is 5.42. The van der Waals surface area contributed by atoms with Crippen molar-refractivity contribution in [1.29, 1.82) is 0 Å². The number of ether oxygens (including phenoxy) is 1. The molecule has 0 fully saturated rings. The fourth-order valence-electron chi connectivity index (χ4n) is 1.46. The second-order valence-electron chi connectivity index (χ2n) is 3.80. The smallest absolute Gasteiger partial charge is 0.248 e. The lowest BCUT2D eigenvalue weighted by molar-refractivity contribution is 0.1000. The van der Waals surface area contributed by atoms with Gasteiger partial charge >= 0.3 is 0 Å². The Balaban J connectivity index is 1.97. The minimum absolute atomic E-state index is 0.421. The van der Waals surface area contributed by atoms with Gasteiger partial charge < -0.3 is 10.5 Å². The van der Waals surface area contributed by atoms with Crippen molar-refractivity contribution >= 4 is 21.8 Å². The highest BCUT2D eigenvalue weighted by Gasteiger charge is 2.00. The van der Waals surface area contributed by atoms with E-state index < -0.39 is 5.91 Å². The van der Waals surface area contributed by atoms with Crippen molar-refractivity contribution in [3.63, 3.8) is 0 Å². The van der Waals surface area contributed by atoms with Crippen LogP contribution in [0.3, 0.4) is 0 Å². The molecule has 1 amide bonds. The number of hydrogen-bond acceptors (Lipinski definition) is 2. The first-order valence-corrected chi connectivity index (χ1v) is 6.21. The number of benzene rings is 2. The molecule has 3 nitrogen and oxygen atoms in total. The van der Waals surface area contributed by atoms with E-state index in [4.69, 9.17) is 10.5 Å². The van der Waals surface area contributed by atoms with E-state index >= 15 is 0 Å². The standard InChI is InChI=1S/C14H12BrNO2/c15-12-5-7-13(8-6-12)18-9-10-1-3-11(4-2-10)14(16)17/h1-8H,9H2,(H2,16,17). The van der Waals surface area contributed by atoms with E-state index in [9.17, 15) is 4.79 Å². The third kappa shape index (κ3) is 3.34. The largest absolute Gasteiger partial charge is 0.489 e. The summed E-state index contributed by atoms with van der Waals surface area (Å²) in [6.45, 7) is 0.459. The zero-order chi connectivity index (χ0) is 13.0. The van der Waals surface area contributed by atoms with Gasteiger partial charge in [-0.3, -0.25) is 4.79 Å². The van der Waals surface area contributed by atoms with Crippen LogP contribution in [0.25, 0.3) is 0 Å². The Morgan fingerprint density at radius 1 is 1.06 bits per heavy atom. The predicted octanol–water partition coefficient (Wildman–Crippen LogP) is 3.13. The lowest BCUT2D eigenvalue weighted by Crippen LogP contribution is -2.10. The molecule has 2 rings (SSSR count). The normalized spacial score (nSPS) is 10.1. The molecule has 2 aromatic rings. The fraction of sp³-hybridized carbons (Fsp3) is 0.0714. The van der Waals surface area contributed by atoms with Gasteiger partial charge in [0.2, 0.25) is 5.91 Å². The maximum absolute atomic E-state index is 10.9. The molecule has 4 heteroatoms. The van der Waals surface area contributed by atoms with Gasteiger partial charge in [0.15, 0.2) is 0 Å². The monoisotopic (exact) mass is 305 g/mol. The summed E-state index contributed by atoms with van der Waals surface area (Å²) in [5.41, 5.74) is 6.66. The molecule has 0 unspecified atom stereocenters. The van der Waals surface area contributed by atoms with Crippen LogP contribution in [-0.2, 0) is 6.61 Å². The zero-order valence-corrected chi connectivity index (χ0v) is 11.2. The molecule has 0 aliphatic heterocycles. The van der Waals surface area contributed by atoms with Crippen molar-refractivity contribution < 1.29 is 9.53 Å². The van der Waals surface area contributed by atoms with Crippen LogP contribution in [0.4, 0.5) is 0 Å². The van der Waals surface area contributed by atoms with Gasteiger partial charge in [-0.25, -0.2) is 0 Å². The molecule has 0 saturated carbocycles. The van der Waals surface area contributed by atoms with E-state index in [0.717, 1.165) is 15.8 Å². The van der Waals surface area contributed by atoms with Crippen molar-refractivity contribution in [1.82, 2.24) is 0 Å². The van der Waals surface area contributed by atoms with Crippen LogP contribution in [0.15, 0.2) is 53.0 Å². The summed E-state index contributed by atoms with van der Waals surface area (Å²) in [6, 6.07) is 14.7. The van der Waals surface area contributed by atoms with Crippen molar-refractivity contribution in [2.24, 2.45) is 5.73 Å². The van der Waals surface area contributed by atoms with Gasteiger partial charge in [0.1, 0.15) is 12.4 Å². The number of carbonyl (C=O) groups excluding carboxylic acids is 1. The Morgan fingerprint density at radius 2 is 1.67 bits per heavy atom. The second kappa shape index (κ2) is 5.69. The Labute approximate surface area is 114 Å².